The average molecular weight is 298 g/mol. The molecule has 0 aliphatic carbocycles. The van der Waals surface area contributed by atoms with Crippen molar-refractivity contribution >= 4 is 0 Å². The summed E-state index contributed by atoms with van der Waals surface area (Å²) < 4.78 is 39.3. The van der Waals surface area contributed by atoms with Crippen LogP contribution in [-0.4, -0.2) is 25.4 Å². The van der Waals surface area contributed by atoms with E-state index in [2.05, 4.69) is 5.43 Å². The van der Waals surface area contributed by atoms with Crippen molar-refractivity contribution in [3.05, 3.63) is 35.4 Å². The third-order valence-electron chi connectivity index (χ3n) is 4.56. The van der Waals surface area contributed by atoms with Gasteiger partial charge in [-0.15, -0.1) is 0 Å². The highest BCUT2D eigenvalue weighted by Crippen LogP contribution is 2.41. The van der Waals surface area contributed by atoms with Crippen LogP contribution in [0.15, 0.2) is 18.2 Å². The van der Waals surface area contributed by atoms with Gasteiger partial charge in [0.05, 0.1) is 18.2 Å². The largest absolute Gasteiger partial charge is 0.378 e. The van der Waals surface area contributed by atoms with Crippen molar-refractivity contribution < 1.29 is 18.3 Å². The van der Waals surface area contributed by atoms with Crippen LogP contribution in [-0.2, 0) is 9.47 Å². The molecule has 2 fully saturated rings. The van der Waals surface area contributed by atoms with Gasteiger partial charge in [0.25, 0.3) is 0 Å². The number of halogens is 2. The maximum atomic E-state index is 14.0. The van der Waals surface area contributed by atoms with E-state index in [1.807, 2.05) is 0 Å². The SMILES string of the molecule is NNC(c1c(F)cccc1F)C1CCOC2(CCOC2)C1. The summed E-state index contributed by atoms with van der Waals surface area (Å²) in [7, 11) is 0. The van der Waals surface area contributed by atoms with Crippen LogP contribution in [0.4, 0.5) is 8.78 Å². The quantitative estimate of drug-likeness (QED) is 0.662. The lowest BCUT2D eigenvalue weighted by Gasteiger charge is -2.40. The molecule has 3 N–H and O–H groups in total. The molecule has 2 heterocycles. The van der Waals surface area contributed by atoms with E-state index in [1.54, 1.807) is 0 Å². The Kier molecular flexibility index (Phi) is 4.21. The molecule has 0 saturated carbocycles. The molecule has 2 aliphatic rings. The molecule has 1 aromatic carbocycles. The standard InChI is InChI=1S/C15H20F2N2O2/c16-11-2-1-3-12(17)13(11)14(19-18)10-4-6-21-15(8-10)5-7-20-9-15/h1-3,10,14,19H,4-9,18H2. The van der Waals surface area contributed by atoms with E-state index < -0.39 is 17.7 Å². The van der Waals surface area contributed by atoms with Gasteiger partial charge in [-0.2, -0.15) is 0 Å². The molecule has 2 aliphatic heterocycles. The first-order valence-electron chi connectivity index (χ1n) is 7.27. The molecule has 116 valence electrons. The van der Waals surface area contributed by atoms with Crippen molar-refractivity contribution in [3.63, 3.8) is 0 Å². The molecule has 3 rings (SSSR count). The van der Waals surface area contributed by atoms with Crippen LogP contribution in [0.2, 0.25) is 0 Å². The fraction of sp³-hybridized carbons (Fsp3) is 0.600. The Balaban J connectivity index is 1.86. The average Bonchev–Trinajstić information content (AvgIpc) is 2.91. The van der Waals surface area contributed by atoms with Gasteiger partial charge < -0.3 is 9.47 Å². The van der Waals surface area contributed by atoms with Crippen LogP contribution in [0.3, 0.4) is 0 Å². The predicted octanol–water partition coefficient (Wildman–Crippen LogP) is 2.05. The van der Waals surface area contributed by atoms with Gasteiger partial charge in [0.2, 0.25) is 0 Å². The number of hydrogen-bond acceptors (Lipinski definition) is 4. The number of nitrogens with two attached hydrogens (primary N) is 1. The number of nitrogens with one attached hydrogen (secondary N) is 1. The Hall–Kier alpha value is -1.08. The summed E-state index contributed by atoms with van der Waals surface area (Å²) >= 11 is 0. The number of ether oxygens (including phenoxy) is 2. The number of hydrogen-bond donors (Lipinski definition) is 2. The minimum atomic E-state index is -0.568. The summed E-state index contributed by atoms with van der Waals surface area (Å²) in [5.41, 5.74) is 2.29. The summed E-state index contributed by atoms with van der Waals surface area (Å²) in [5.74, 6) is 4.48. The summed E-state index contributed by atoms with van der Waals surface area (Å²) in [6.45, 7) is 1.77. The zero-order valence-electron chi connectivity index (χ0n) is 11.8. The smallest absolute Gasteiger partial charge is 0.130 e. The maximum absolute atomic E-state index is 14.0. The van der Waals surface area contributed by atoms with E-state index in [4.69, 9.17) is 15.3 Å². The summed E-state index contributed by atoms with van der Waals surface area (Å²) in [6.07, 6.45) is 2.22. The van der Waals surface area contributed by atoms with E-state index in [0.29, 0.717) is 32.7 Å². The highest BCUT2D eigenvalue weighted by molar-refractivity contribution is 5.24. The third kappa shape index (κ3) is 2.81. The van der Waals surface area contributed by atoms with Crippen LogP contribution >= 0.6 is 0 Å². The lowest BCUT2D eigenvalue weighted by Crippen LogP contribution is -2.45. The van der Waals surface area contributed by atoms with Crippen LogP contribution in [0.1, 0.15) is 30.9 Å². The minimum absolute atomic E-state index is 0.0110. The third-order valence-corrected chi connectivity index (χ3v) is 4.56. The second-order valence-corrected chi connectivity index (χ2v) is 5.87. The topological polar surface area (TPSA) is 56.5 Å². The Morgan fingerprint density at radius 1 is 1.29 bits per heavy atom. The predicted molar refractivity (Wildman–Crippen MR) is 73.3 cm³/mol. The van der Waals surface area contributed by atoms with Crippen LogP contribution < -0.4 is 11.3 Å². The number of benzene rings is 1. The Morgan fingerprint density at radius 3 is 2.67 bits per heavy atom. The van der Waals surface area contributed by atoms with Crippen molar-refractivity contribution in [2.75, 3.05) is 19.8 Å². The maximum Gasteiger partial charge on any atom is 0.130 e. The van der Waals surface area contributed by atoms with Gasteiger partial charge in [0.15, 0.2) is 0 Å². The molecule has 1 spiro atoms. The van der Waals surface area contributed by atoms with Gasteiger partial charge in [-0.05, 0) is 30.9 Å². The van der Waals surface area contributed by atoms with Crippen molar-refractivity contribution in [1.29, 1.82) is 0 Å². The van der Waals surface area contributed by atoms with Crippen molar-refractivity contribution in [3.8, 4) is 0 Å². The fourth-order valence-corrected chi connectivity index (χ4v) is 3.48. The molecule has 4 nitrogen and oxygen atoms in total. The van der Waals surface area contributed by atoms with Crippen molar-refractivity contribution in [2.45, 2.75) is 30.9 Å². The van der Waals surface area contributed by atoms with Crippen molar-refractivity contribution in [1.82, 2.24) is 5.43 Å². The lowest BCUT2D eigenvalue weighted by molar-refractivity contribution is -0.103. The highest BCUT2D eigenvalue weighted by Gasteiger charge is 2.43. The molecule has 3 unspecified atom stereocenters. The van der Waals surface area contributed by atoms with Crippen LogP contribution in [0.5, 0.6) is 0 Å². The van der Waals surface area contributed by atoms with E-state index in [1.165, 1.54) is 18.2 Å². The monoisotopic (exact) mass is 298 g/mol. The molecule has 3 atom stereocenters. The zero-order valence-corrected chi connectivity index (χ0v) is 11.8. The Labute approximate surface area is 122 Å². The number of hydrazine groups is 1. The molecule has 6 heteroatoms. The van der Waals surface area contributed by atoms with Gasteiger partial charge >= 0.3 is 0 Å². The normalized spacial score (nSPS) is 30.7. The van der Waals surface area contributed by atoms with Crippen molar-refractivity contribution in [2.24, 2.45) is 11.8 Å². The molecule has 1 aromatic rings. The van der Waals surface area contributed by atoms with Gasteiger partial charge in [-0.3, -0.25) is 11.3 Å². The van der Waals surface area contributed by atoms with Gasteiger partial charge in [-0.25, -0.2) is 8.78 Å². The number of rotatable bonds is 3. The molecule has 0 radical (unpaired) electrons. The Morgan fingerprint density at radius 2 is 2.05 bits per heavy atom. The van der Waals surface area contributed by atoms with E-state index >= 15 is 0 Å². The van der Waals surface area contributed by atoms with Crippen LogP contribution in [0.25, 0.3) is 0 Å². The first-order chi connectivity index (χ1) is 10.2. The second-order valence-electron chi connectivity index (χ2n) is 5.87. The van der Waals surface area contributed by atoms with E-state index in [-0.39, 0.29) is 17.1 Å². The molecule has 0 bridgehead atoms. The fourth-order valence-electron chi connectivity index (χ4n) is 3.48. The summed E-state index contributed by atoms with van der Waals surface area (Å²) in [6, 6.07) is 3.32. The van der Waals surface area contributed by atoms with E-state index in [9.17, 15) is 8.78 Å². The molecule has 0 amide bonds. The second kappa shape index (κ2) is 5.96. The van der Waals surface area contributed by atoms with Gasteiger partial charge in [-0.1, -0.05) is 6.07 Å². The van der Waals surface area contributed by atoms with Gasteiger partial charge in [0, 0.05) is 25.2 Å². The minimum Gasteiger partial charge on any atom is -0.378 e. The molecular weight excluding hydrogens is 278 g/mol. The van der Waals surface area contributed by atoms with E-state index in [0.717, 1.165) is 6.42 Å². The van der Waals surface area contributed by atoms with Crippen LogP contribution in [0, 0.1) is 17.6 Å². The van der Waals surface area contributed by atoms with Gasteiger partial charge in [0.1, 0.15) is 11.6 Å². The first kappa shape index (κ1) is 14.8. The lowest BCUT2D eigenvalue weighted by atomic mass is 9.79. The summed E-state index contributed by atoms with van der Waals surface area (Å²) in [5, 5.41) is 0. The Bertz CT molecular complexity index is 486. The molecule has 21 heavy (non-hydrogen) atoms. The summed E-state index contributed by atoms with van der Waals surface area (Å²) in [4.78, 5) is 0. The molecular formula is C15H20F2N2O2. The first-order valence-corrected chi connectivity index (χ1v) is 7.27. The zero-order chi connectivity index (χ0) is 14.9. The highest BCUT2D eigenvalue weighted by atomic mass is 19.1. The molecule has 2 saturated heterocycles. The molecule has 0 aromatic heterocycles.